The molecule has 5 nitrogen and oxygen atoms in total. The monoisotopic (exact) mass is 183 g/mol. The van der Waals surface area contributed by atoms with Crippen molar-refractivity contribution in [3.05, 3.63) is 18.0 Å². The summed E-state index contributed by atoms with van der Waals surface area (Å²) in [5, 5.41) is 9.31. The summed E-state index contributed by atoms with van der Waals surface area (Å²) in [7, 11) is 0. The molecule has 1 heterocycles. The molecule has 0 unspecified atom stereocenters. The average molecular weight is 183 g/mol. The Morgan fingerprint density at radius 3 is 3.15 bits per heavy atom. The molecule has 0 spiro atoms. The predicted octanol–water partition coefficient (Wildman–Crippen LogP) is -0.0997. The van der Waals surface area contributed by atoms with Gasteiger partial charge in [-0.3, -0.25) is 4.79 Å². The summed E-state index contributed by atoms with van der Waals surface area (Å²) in [4.78, 5) is 11.0. The maximum absolute atomic E-state index is 11.0. The third-order valence-corrected chi connectivity index (χ3v) is 1.46. The minimum absolute atomic E-state index is 0.00834. The Morgan fingerprint density at radius 1 is 1.69 bits per heavy atom. The van der Waals surface area contributed by atoms with Crippen molar-refractivity contribution in [3.63, 3.8) is 0 Å². The van der Waals surface area contributed by atoms with Gasteiger partial charge < -0.3 is 15.2 Å². The van der Waals surface area contributed by atoms with Gasteiger partial charge in [0.2, 0.25) is 5.91 Å². The van der Waals surface area contributed by atoms with E-state index in [9.17, 15) is 4.79 Å². The highest BCUT2D eigenvalue weighted by molar-refractivity contribution is 5.77. The highest BCUT2D eigenvalue weighted by Crippen LogP contribution is 1.91. The lowest BCUT2D eigenvalue weighted by atomic mass is 10.4. The van der Waals surface area contributed by atoms with E-state index in [-0.39, 0.29) is 5.91 Å². The third-order valence-electron chi connectivity index (χ3n) is 1.46. The molecule has 1 aromatic rings. The van der Waals surface area contributed by atoms with E-state index in [1.807, 2.05) is 6.92 Å². The number of hydrogen-bond donors (Lipinski definition) is 2. The van der Waals surface area contributed by atoms with Crippen LogP contribution in [-0.4, -0.2) is 24.2 Å². The Balaban J connectivity index is 2.11. The molecule has 0 radical (unpaired) electrons. The number of nitrogens with one attached hydrogen (secondary N) is 2. The van der Waals surface area contributed by atoms with E-state index in [4.69, 9.17) is 0 Å². The molecule has 0 bridgehead atoms. The van der Waals surface area contributed by atoms with Crippen molar-refractivity contribution < 1.29 is 9.32 Å². The van der Waals surface area contributed by atoms with Crippen molar-refractivity contribution in [1.29, 1.82) is 0 Å². The maximum Gasteiger partial charge on any atom is 0.233 e. The van der Waals surface area contributed by atoms with Gasteiger partial charge in [-0.15, -0.1) is 0 Å². The summed E-state index contributed by atoms with van der Waals surface area (Å²) in [5.41, 5.74) is 0.796. The van der Waals surface area contributed by atoms with Crippen molar-refractivity contribution in [1.82, 2.24) is 15.8 Å². The van der Waals surface area contributed by atoms with E-state index >= 15 is 0 Å². The van der Waals surface area contributed by atoms with E-state index in [1.54, 1.807) is 6.07 Å². The standard InChI is InChI=1S/C8H13N3O2/c1-2-10-8(12)6-9-5-7-3-4-13-11-7/h3-4,9H,2,5-6H2,1H3,(H,10,12). The van der Waals surface area contributed by atoms with Crippen LogP contribution in [-0.2, 0) is 11.3 Å². The first kappa shape index (κ1) is 9.73. The number of aromatic nitrogens is 1. The molecule has 1 amide bonds. The molecule has 0 saturated heterocycles. The highest BCUT2D eigenvalue weighted by Gasteiger charge is 1.99. The van der Waals surface area contributed by atoms with Crippen LogP contribution in [0.2, 0.25) is 0 Å². The van der Waals surface area contributed by atoms with Gasteiger partial charge in [0.25, 0.3) is 0 Å². The van der Waals surface area contributed by atoms with E-state index in [2.05, 4.69) is 20.3 Å². The molecule has 13 heavy (non-hydrogen) atoms. The quantitative estimate of drug-likeness (QED) is 0.669. The highest BCUT2D eigenvalue weighted by atomic mass is 16.5. The molecule has 0 aliphatic rings. The smallest absolute Gasteiger partial charge is 0.233 e. The van der Waals surface area contributed by atoms with Gasteiger partial charge in [-0.05, 0) is 6.92 Å². The second-order valence-electron chi connectivity index (χ2n) is 2.55. The number of nitrogens with zero attached hydrogens (tertiary/aromatic N) is 1. The lowest BCUT2D eigenvalue weighted by Crippen LogP contribution is -2.33. The van der Waals surface area contributed by atoms with Crippen LogP contribution < -0.4 is 10.6 Å². The molecular formula is C8H13N3O2. The summed E-state index contributed by atoms with van der Waals surface area (Å²) < 4.78 is 4.63. The molecule has 0 aliphatic carbocycles. The number of carbonyl (C=O) groups excluding carboxylic acids is 1. The molecular weight excluding hydrogens is 170 g/mol. The summed E-state index contributed by atoms with van der Waals surface area (Å²) in [6.45, 7) is 3.40. The van der Waals surface area contributed by atoms with Gasteiger partial charge in [0.05, 0.1) is 12.2 Å². The van der Waals surface area contributed by atoms with Crippen LogP contribution in [0.15, 0.2) is 16.9 Å². The van der Waals surface area contributed by atoms with Crippen molar-refractivity contribution >= 4 is 5.91 Å². The van der Waals surface area contributed by atoms with Gasteiger partial charge in [0, 0.05) is 19.2 Å². The van der Waals surface area contributed by atoms with Crippen molar-refractivity contribution in [3.8, 4) is 0 Å². The molecule has 0 aromatic carbocycles. The molecule has 72 valence electrons. The second-order valence-corrected chi connectivity index (χ2v) is 2.55. The number of amides is 1. The third kappa shape index (κ3) is 3.71. The van der Waals surface area contributed by atoms with Crippen LogP contribution in [0.1, 0.15) is 12.6 Å². The predicted molar refractivity (Wildman–Crippen MR) is 46.9 cm³/mol. The molecule has 0 fully saturated rings. The number of carbonyl (C=O) groups is 1. The van der Waals surface area contributed by atoms with Crippen LogP contribution in [0, 0.1) is 0 Å². The van der Waals surface area contributed by atoms with Crippen LogP contribution in [0.4, 0.5) is 0 Å². The topological polar surface area (TPSA) is 67.2 Å². The van der Waals surface area contributed by atoms with Gasteiger partial charge in [-0.1, -0.05) is 5.16 Å². The molecule has 1 aromatic heterocycles. The Hall–Kier alpha value is -1.36. The van der Waals surface area contributed by atoms with Crippen molar-refractivity contribution in [2.45, 2.75) is 13.5 Å². The summed E-state index contributed by atoms with van der Waals surface area (Å²) in [6.07, 6.45) is 1.50. The van der Waals surface area contributed by atoms with Crippen LogP contribution in [0.3, 0.4) is 0 Å². The lowest BCUT2D eigenvalue weighted by Gasteiger charge is -2.01. The number of hydrogen-bond acceptors (Lipinski definition) is 4. The fraction of sp³-hybridized carbons (Fsp3) is 0.500. The summed E-state index contributed by atoms with van der Waals surface area (Å²) >= 11 is 0. The maximum atomic E-state index is 11.0. The zero-order valence-electron chi connectivity index (χ0n) is 7.54. The fourth-order valence-corrected chi connectivity index (χ4v) is 0.892. The van der Waals surface area contributed by atoms with Crippen LogP contribution in [0.25, 0.3) is 0 Å². The Kier molecular flexibility index (Phi) is 3.98. The van der Waals surface area contributed by atoms with Crippen LogP contribution in [0.5, 0.6) is 0 Å². The largest absolute Gasteiger partial charge is 0.364 e. The number of likely N-dealkylation sites (N-methyl/N-ethyl adjacent to an activating group) is 1. The first-order valence-electron chi connectivity index (χ1n) is 4.19. The summed E-state index contributed by atoms with van der Waals surface area (Å²) in [5.74, 6) is -0.00834. The molecule has 0 saturated carbocycles. The normalized spacial score (nSPS) is 9.92. The average Bonchev–Trinajstić information content (AvgIpc) is 2.57. The van der Waals surface area contributed by atoms with Gasteiger partial charge in [0.15, 0.2) is 0 Å². The summed E-state index contributed by atoms with van der Waals surface area (Å²) in [6, 6.07) is 1.75. The molecule has 2 N–H and O–H groups in total. The minimum Gasteiger partial charge on any atom is -0.364 e. The SMILES string of the molecule is CCNC(=O)CNCc1ccon1. The second kappa shape index (κ2) is 5.31. The van der Waals surface area contributed by atoms with Crippen molar-refractivity contribution in [2.24, 2.45) is 0 Å². The Bertz CT molecular complexity index is 246. The van der Waals surface area contributed by atoms with E-state index in [0.29, 0.717) is 19.6 Å². The minimum atomic E-state index is -0.00834. The Morgan fingerprint density at radius 2 is 2.54 bits per heavy atom. The van der Waals surface area contributed by atoms with Crippen LogP contribution >= 0.6 is 0 Å². The first-order valence-corrected chi connectivity index (χ1v) is 4.19. The first-order chi connectivity index (χ1) is 6.33. The van der Waals surface area contributed by atoms with Crippen molar-refractivity contribution in [2.75, 3.05) is 13.1 Å². The lowest BCUT2D eigenvalue weighted by molar-refractivity contribution is -0.120. The molecule has 1 rings (SSSR count). The zero-order chi connectivity index (χ0) is 9.52. The van der Waals surface area contributed by atoms with Gasteiger partial charge in [-0.25, -0.2) is 0 Å². The van der Waals surface area contributed by atoms with Gasteiger partial charge >= 0.3 is 0 Å². The van der Waals surface area contributed by atoms with E-state index in [1.165, 1.54) is 6.26 Å². The molecule has 0 atom stereocenters. The van der Waals surface area contributed by atoms with E-state index < -0.39 is 0 Å². The fourth-order valence-electron chi connectivity index (χ4n) is 0.892. The number of rotatable bonds is 5. The van der Waals surface area contributed by atoms with E-state index in [0.717, 1.165) is 5.69 Å². The van der Waals surface area contributed by atoms with Gasteiger partial charge in [0.1, 0.15) is 6.26 Å². The zero-order valence-corrected chi connectivity index (χ0v) is 7.54. The Labute approximate surface area is 76.5 Å². The van der Waals surface area contributed by atoms with Gasteiger partial charge in [-0.2, -0.15) is 0 Å². The molecule has 0 aliphatic heterocycles. The molecule has 5 heteroatoms.